The lowest BCUT2D eigenvalue weighted by Gasteiger charge is -2.17. The molecule has 0 bridgehead atoms. The molecule has 1 aliphatic rings. The van der Waals surface area contributed by atoms with Gasteiger partial charge in [-0.05, 0) is 44.2 Å². The van der Waals surface area contributed by atoms with Crippen molar-refractivity contribution in [2.24, 2.45) is 5.92 Å². The summed E-state index contributed by atoms with van der Waals surface area (Å²) in [5, 5.41) is 3.58. The fourth-order valence-corrected chi connectivity index (χ4v) is 2.80. The quantitative estimate of drug-likeness (QED) is 0.851. The van der Waals surface area contributed by atoms with E-state index in [9.17, 15) is 0 Å². The molecule has 0 unspecified atom stereocenters. The summed E-state index contributed by atoms with van der Waals surface area (Å²) in [5.74, 6) is 1.88. The number of hydrogen-bond acceptors (Lipinski definition) is 2. The van der Waals surface area contributed by atoms with Crippen molar-refractivity contribution in [3.63, 3.8) is 0 Å². The van der Waals surface area contributed by atoms with Crippen LogP contribution in [0.1, 0.15) is 36.8 Å². The molecule has 0 radical (unpaired) electrons. The van der Waals surface area contributed by atoms with Crippen molar-refractivity contribution in [3.8, 4) is 5.75 Å². The first kappa shape index (κ1) is 12.3. The Labute approximate surface area is 104 Å². The molecule has 17 heavy (non-hydrogen) atoms. The van der Waals surface area contributed by atoms with E-state index in [0.29, 0.717) is 0 Å². The second-order valence-corrected chi connectivity index (χ2v) is 5.12. The highest BCUT2D eigenvalue weighted by Crippen LogP contribution is 2.30. The molecule has 2 heteroatoms. The van der Waals surface area contributed by atoms with Gasteiger partial charge in [-0.2, -0.15) is 0 Å². The molecule has 0 atom stereocenters. The minimum absolute atomic E-state index is 0.863. The number of anilines is 1. The van der Waals surface area contributed by atoms with Gasteiger partial charge in [-0.15, -0.1) is 0 Å². The van der Waals surface area contributed by atoms with Crippen molar-refractivity contribution in [2.45, 2.75) is 39.5 Å². The number of ether oxygens (including phenoxy) is 1. The average Bonchev–Trinajstić information content (AvgIpc) is 2.82. The summed E-state index contributed by atoms with van der Waals surface area (Å²) in [4.78, 5) is 0. The van der Waals surface area contributed by atoms with Crippen LogP contribution in [0.15, 0.2) is 12.1 Å². The molecule has 1 saturated carbocycles. The van der Waals surface area contributed by atoms with E-state index in [-0.39, 0.29) is 0 Å². The largest absolute Gasteiger partial charge is 0.496 e. The van der Waals surface area contributed by atoms with Gasteiger partial charge < -0.3 is 10.1 Å². The maximum absolute atomic E-state index is 5.45. The molecule has 1 fully saturated rings. The lowest BCUT2D eigenvalue weighted by Crippen LogP contribution is -2.12. The van der Waals surface area contributed by atoms with Gasteiger partial charge >= 0.3 is 0 Å². The van der Waals surface area contributed by atoms with E-state index < -0.39 is 0 Å². The molecule has 94 valence electrons. The molecule has 0 aromatic heterocycles. The second kappa shape index (κ2) is 5.44. The van der Waals surface area contributed by atoms with Crippen LogP contribution in [0.2, 0.25) is 0 Å². The number of benzene rings is 1. The monoisotopic (exact) mass is 233 g/mol. The topological polar surface area (TPSA) is 21.3 Å². The Morgan fingerprint density at radius 2 is 1.94 bits per heavy atom. The lowest BCUT2D eigenvalue weighted by molar-refractivity contribution is 0.409. The molecule has 0 heterocycles. The number of methoxy groups -OCH3 is 1. The molecule has 2 nitrogen and oxygen atoms in total. The van der Waals surface area contributed by atoms with Crippen LogP contribution < -0.4 is 10.1 Å². The predicted molar refractivity (Wildman–Crippen MR) is 72.9 cm³/mol. The van der Waals surface area contributed by atoms with Crippen molar-refractivity contribution in [2.75, 3.05) is 19.0 Å². The first-order valence-corrected chi connectivity index (χ1v) is 6.60. The van der Waals surface area contributed by atoms with E-state index >= 15 is 0 Å². The highest BCUT2D eigenvalue weighted by Gasteiger charge is 2.15. The Balaban J connectivity index is 2.05. The Morgan fingerprint density at radius 1 is 1.24 bits per heavy atom. The van der Waals surface area contributed by atoms with Crippen LogP contribution in [0.5, 0.6) is 5.75 Å². The van der Waals surface area contributed by atoms with Crippen molar-refractivity contribution in [3.05, 3.63) is 23.3 Å². The summed E-state index contributed by atoms with van der Waals surface area (Å²) >= 11 is 0. The zero-order chi connectivity index (χ0) is 12.3. The fraction of sp³-hybridized carbons (Fsp3) is 0.600. The molecule has 0 aliphatic heterocycles. The third kappa shape index (κ3) is 2.74. The fourth-order valence-electron chi connectivity index (χ4n) is 2.80. The Kier molecular flexibility index (Phi) is 3.93. The Hall–Kier alpha value is -1.18. The third-order valence-corrected chi connectivity index (χ3v) is 3.86. The maximum atomic E-state index is 5.45. The smallest absolute Gasteiger partial charge is 0.126 e. The van der Waals surface area contributed by atoms with Gasteiger partial charge in [-0.3, -0.25) is 0 Å². The summed E-state index contributed by atoms with van der Waals surface area (Å²) < 4.78 is 5.45. The van der Waals surface area contributed by atoms with E-state index in [1.807, 2.05) is 0 Å². The van der Waals surface area contributed by atoms with E-state index in [4.69, 9.17) is 4.74 Å². The molecule has 1 aromatic carbocycles. The standard InChI is InChI=1S/C15H23NO/c1-11-8-9-14(12(2)15(11)17-3)16-10-13-6-4-5-7-13/h8-9,13,16H,4-7,10H2,1-3H3. The molecular formula is C15H23NO. The Morgan fingerprint density at radius 3 is 2.59 bits per heavy atom. The van der Waals surface area contributed by atoms with Crippen LogP contribution in [0, 0.1) is 19.8 Å². The van der Waals surface area contributed by atoms with Crippen molar-refractivity contribution in [1.29, 1.82) is 0 Å². The number of hydrogen-bond donors (Lipinski definition) is 1. The van der Waals surface area contributed by atoms with Crippen molar-refractivity contribution < 1.29 is 4.74 Å². The van der Waals surface area contributed by atoms with Crippen molar-refractivity contribution >= 4 is 5.69 Å². The second-order valence-electron chi connectivity index (χ2n) is 5.12. The summed E-state index contributed by atoms with van der Waals surface area (Å²) in [6.45, 7) is 5.32. The van der Waals surface area contributed by atoms with Crippen LogP contribution >= 0.6 is 0 Å². The van der Waals surface area contributed by atoms with E-state index in [0.717, 1.165) is 18.2 Å². The molecule has 1 aliphatic carbocycles. The van der Waals surface area contributed by atoms with Gasteiger partial charge in [0.2, 0.25) is 0 Å². The third-order valence-electron chi connectivity index (χ3n) is 3.86. The van der Waals surface area contributed by atoms with Crippen LogP contribution in [-0.4, -0.2) is 13.7 Å². The van der Waals surface area contributed by atoms with Crippen molar-refractivity contribution in [1.82, 2.24) is 0 Å². The van der Waals surface area contributed by atoms with E-state index in [1.54, 1.807) is 7.11 Å². The Bertz CT molecular complexity index is 381. The molecular weight excluding hydrogens is 210 g/mol. The SMILES string of the molecule is COc1c(C)ccc(NCC2CCCC2)c1C. The van der Waals surface area contributed by atoms with Crippen LogP contribution in [0.25, 0.3) is 0 Å². The number of rotatable bonds is 4. The molecule has 0 spiro atoms. The lowest BCUT2D eigenvalue weighted by atomic mass is 10.1. The highest BCUT2D eigenvalue weighted by molar-refractivity contribution is 5.59. The number of nitrogens with one attached hydrogen (secondary N) is 1. The van der Waals surface area contributed by atoms with E-state index in [1.165, 1.54) is 42.5 Å². The molecule has 1 aromatic rings. The molecule has 0 saturated heterocycles. The first-order chi connectivity index (χ1) is 8.22. The van der Waals surface area contributed by atoms with Gasteiger partial charge in [0, 0.05) is 17.8 Å². The summed E-state index contributed by atoms with van der Waals surface area (Å²) in [5.41, 5.74) is 3.65. The highest BCUT2D eigenvalue weighted by atomic mass is 16.5. The van der Waals surface area contributed by atoms with Gasteiger partial charge in [-0.25, -0.2) is 0 Å². The summed E-state index contributed by atoms with van der Waals surface area (Å²) in [6.07, 6.45) is 5.58. The van der Waals surface area contributed by atoms with E-state index in [2.05, 4.69) is 31.3 Å². The van der Waals surface area contributed by atoms with Crippen LogP contribution in [-0.2, 0) is 0 Å². The summed E-state index contributed by atoms with van der Waals surface area (Å²) in [7, 11) is 1.75. The summed E-state index contributed by atoms with van der Waals surface area (Å²) in [6, 6.07) is 4.30. The zero-order valence-corrected chi connectivity index (χ0v) is 11.2. The molecule has 2 rings (SSSR count). The molecule has 1 N–H and O–H groups in total. The zero-order valence-electron chi connectivity index (χ0n) is 11.2. The van der Waals surface area contributed by atoms with Gasteiger partial charge in [0.1, 0.15) is 5.75 Å². The molecule has 0 amide bonds. The maximum Gasteiger partial charge on any atom is 0.126 e. The van der Waals surface area contributed by atoms with Crippen LogP contribution in [0.3, 0.4) is 0 Å². The number of aryl methyl sites for hydroxylation is 1. The minimum Gasteiger partial charge on any atom is -0.496 e. The van der Waals surface area contributed by atoms with Gasteiger partial charge in [-0.1, -0.05) is 18.9 Å². The first-order valence-electron chi connectivity index (χ1n) is 6.60. The van der Waals surface area contributed by atoms with Gasteiger partial charge in [0.25, 0.3) is 0 Å². The van der Waals surface area contributed by atoms with Gasteiger partial charge in [0.05, 0.1) is 7.11 Å². The normalized spacial score (nSPS) is 16.2. The predicted octanol–water partition coefficient (Wildman–Crippen LogP) is 3.91. The van der Waals surface area contributed by atoms with Crippen LogP contribution in [0.4, 0.5) is 5.69 Å². The minimum atomic E-state index is 0.863. The average molecular weight is 233 g/mol. The van der Waals surface area contributed by atoms with Gasteiger partial charge in [0.15, 0.2) is 0 Å².